The molecule has 0 saturated carbocycles. The molecule has 27 heavy (non-hydrogen) atoms. The molecule has 1 fully saturated rings. The van der Waals surface area contributed by atoms with Crippen LogP contribution in [0, 0.1) is 12.8 Å². The van der Waals surface area contributed by atoms with Crippen molar-refractivity contribution in [1.29, 1.82) is 0 Å². The third-order valence-electron chi connectivity index (χ3n) is 4.63. The lowest BCUT2D eigenvalue weighted by Gasteiger charge is -2.19. The minimum Gasteiger partial charge on any atom is -0.493 e. The molecule has 2 amide bonds. The number of hydrogen-bond donors (Lipinski definition) is 1. The van der Waals surface area contributed by atoms with Crippen LogP contribution in [0.1, 0.15) is 12.0 Å². The third kappa shape index (κ3) is 4.01. The standard InChI is InChI=1S/C20H21ClN2O4/c1-12-4-5-14(21)9-16(12)22-20(25)13-8-19(24)23(11-13)15-6-7-17(26-2)18(10-15)27-3/h4-7,9-10,13H,8,11H2,1-3H3,(H,22,25). The first-order valence-electron chi connectivity index (χ1n) is 8.52. The minimum atomic E-state index is -0.441. The monoisotopic (exact) mass is 388 g/mol. The fraction of sp³-hybridized carbons (Fsp3) is 0.300. The lowest BCUT2D eigenvalue weighted by atomic mass is 10.1. The van der Waals surface area contributed by atoms with Gasteiger partial charge in [0, 0.05) is 35.4 Å². The maximum absolute atomic E-state index is 12.6. The van der Waals surface area contributed by atoms with E-state index in [4.69, 9.17) is 21.1 Å². The van der Waals surface area contributed by atoms with Crippen LogP contribution < -0.4 is 19.7 Å². The molecule has 7 heteroatoms. The fourth-order valence-electron chi connectivity index (χ4n) is 3.09. The second-order valence-electron chi connectivity index (χ2n) is 6.39. The van der Waals surface area contributed by atoms with Gasteiger partial charge in [0.25, 0.3) is 0 Å². The van der Waals surface area contributed by atoms with Crippen LogP contribution in [-0.4, -0.2) is 32.6 Å². The van der Waals surface area contributed by atoms with Gasteiger partial charge in [-0.15, -0.1) is 0 Å². The number of hydrogen-bond acceptors (Lipinski definition) is 4. The molecule has 0 spiro atoms. The van der Waals surface area contributed by atoms with Crippen molar-refractivity contribution >= 4 is 34.8 Å². The van der Waals surface area contributed by atoms with E-state index in [0.29, 0.717) is 34.4 Å². The van der Waals surface area contributed by atoms with Crippen molar-refractivity contribution in [1.82, 2.24) is 0 Å². The van der Waals surface area contributed by atoms with E-state index in [-0.39, 0.29) is 18.2 Å². The van der Waals surface area contributed by atoms with Gasteiger partial charge in [0.1, 0.15) is 0 Å². The topological polar surface area (TPSA) is 67.9 Å². The van der Waals surface area contributed by atoms with E-state index in [2.05, 4.69) is 5.32 Å². The van der Waals surface area contributed by atoms with Gasteiger partial charge >= 0.3 is 0 Å². The molecule has 0 radical (unpaired) electrons. The number of anilines is 2. The molecule has 1 unspecified atom stereocenters. The number of rotatable bonds is 5. The number of ether oxygens (including phenoxy) is 2. The lowest BCUT2D eigenvalue weighted by Crippen LogP contribution is -2.28. The summed E-state index contributed by atoms with van der Waals surface area (Å²) in [6.45, 7) is 2.20. The van der Waals surface area contributed by atoms with Crippen LogP contribution in [0.5, 0.6) is 11.5 Å². The molecular formula is C20H21ClN2O4. The van der Waals surface area contributed by atoms with Gasteiger partial charge < -0.3 is 19.7 Å². The van der Waals surface area contributed by atoms with Crippen molar-refractivity contribution in [3.8, 4) is 11.5 Å². The van der Waals surface area contributed by atoms with Crippen molar-refractivity contribution in [3.63, 3.8) is 0 Å². The van der Waals surface area contributed by atoms with Gasteiger partial charge in [-0.05, 0) is 36.8 Å². The van der Waals surface area contributed by atoms with E-state index in [9.17, 15) is 9.59 Å². The Labute approximate surface area is 163 Å². The van der Waals surface area contributed by atoms with Gasteiger partial charge in [-0.2, -0.15) is 0 Å². The predicted molar refractivity (Wildman–Crippen MR) is 105 cm³/mol. The van der Waals surface area contributed by atoms with Crippen molar-refractivity contribution in [2.45, 2.75) is 13.3 Å². The summed E-state index contributed by atoms with van der Waals surface area (Å²) in [5.74, 6) is 0.370. The second kappa shape index (κ2) is 7.88. The average molecular weight is 389 g/mol. The minimum absolute atomic E-state index is 0.106. The van der Waals surface area contributed by atoms with Gasteiger partial charge in [0.2, 0.25) is 11.8 Å². The maximum atomic E-state index is 12.6. The zero-order chi connectivity index (χ0) is 19.6. The lowest BCUT2D eigenvalue weighted by molar-refractivity contribution is -0.122. The maximum Gasteiger partial charge on any atom is 0.229 e. The molecule has 2 aromatic carbocycles. The van der Waals surface area contributed by atoms with E-state index in [0.717, 1.165) is 5.56 Å². The molecule has 1 saturated heterocycles. The molecule has 2 aromatic rings. The van der Waals surface area contributed by atoms with Crippen LogP contribution in [0.25, 0.3) is 0 Å². The zero-order valence-electron chi connectivity index (χ0n) is 15.4. The fourth-order valence-corrected chi connectivity index (χ4v) is 3.26. The van der Waals surface area contributed by atoms with Crippen LogP contribution in [0.3, 0.4) is 0 Å². The first-order valence-corrected chi connectivity index (χ1v) is 8.90. The van der Waals surface area contributed by atoms with Crippen molar-refractivity contribution in [2.75, 3.05) is 31.0 Å². The van der Waals surface area contributed by atoms with Gasteiger partial charge in [0.05, 0.1) is 20.1 Å². The van der Waals surface area contributed by atoms with E-state index < -0.39 is 5.92 Å². The molecule has 1 heterocycles. The number of halogens is 1. The first-order chi connectivity index (χ1) is 12.9. The summed E-state index contributed by atoms with van der Waals surface area (Å²) >= 11 is 6.00. The molecule has 1 aliphatic rings. The normalized spacial score (nSPS) is 16.4. The predicted octanol–water partition coefficient (Wildman–Crippen LogP) is 3.66. The summed E-state index contributed by atoms with van der Waals surface area (Å²) in [6, 6.07) is 10.6. The zero-order valence-corrected chi connectivity index (χ0v) is 16.2. The number of benzene rings is 2. The van der Waals surface area contributed by atoms with Crippen molar-refractivity contribution in [3.05, 3.63) is 47.0 Å². The highest BCUT2D eigenvalue weighted by Crippen LogP contribution is 2.34. The molecule has 3 rings (SSSR count). The molecule has 0 aromatic heterocycles. The number of nitrogens with zero attached hydrogens (tertiary/aromatic N) is 1. The Hall–Kier alpha value is -2.73. The van der Waals surface area contributed by atoms with Crippen LogP contribution in [0.4, 0.5) is 11.4 Å². The molecular weight excluding hydrogens is 368 g/mol. The molecule has 0 aliphatic carbocycles. The largest absolute Gasteiger partial charge is 0.493 e. The van der Waals surface area contributed by atoms with Crippen molar-refractivity contribution in [2.24, 2.45) is 5.92 Å². The van der Waals surface area contributed by atoms with E-state index in [1.54, 1.807) is 42.3 Å². The smallest absolute Gasteiger partial charge is 0.229 e. The van der Waals surface area contributed by atoms with Gasteiger partial charge in [-0.25, -0.2) is 0 Å². The Morgan fingerprint density at radius 3 is 2.59 bits per heavy atom. The number of amides is 2. The highest BCUT2D eigenvalue weighted by molar-refractivity contribution is 6.31. The average Bonchev–Trinajstić information content (AvgIpc) is 3.06. The molecule has 6 nitrogen and oxygen atoms in total. The number of methoxy groups -OCH3 is 2. The Bertz CT molecular complexity index is 884. The molecule has 0 bridgehead atoms. The van der Waals surface area contributed by atoms with Gasteiger partial charge in [0.15, 0.2) is 11.5 Å². The van der Waals surface area contributed by atoms with Gasteiger partial charge in [-0.1, -0.05) is 17.7 Å². The summed E-state index contributed by atoms with van der Waals surface area (Å²) in [5.41, 5.74) is 2.24. The van der Waals surface area contributed by atoms with E-state index >= 15 is 0 Å². The van der Waals surface area contributed by atoms with Crippen LogP contribution in [0.15, 0.2) is 36.4 Å². The Balaban J connectivity index is 1.75. The Kier molecular flexibility index (Phi) is 5.56. The number of nitrogens with one attached hydrogen (secondary N) is 1. The highest BCUT2D eigenvalue weighted by Gasteiger charge is 2.35. The van der Waals surface area contributed by atoms with E-state index in [1.807, 2.05) is 13.0 Å². The number of carbonyl (C=O) groups excluding carboxylic acids is 2. The first kappa shape index (κ1) is 19.0. The molecule has 1 aliphatic heterocycles. The van der Waals surface area contributed by atoms with Crippen LogP contribution in [-0.2, 0) is 9.59 Å². The quantitative estimate of drug-likeness (QED) is 0.848. The summed E-state index contributed by atoms with van der Waals surface area (Å²) in [5, 5.41) is 3.43. The van der Waals surface area contributed by atoms with Crippen LogP contribution >= 0.6 is 11.6 Å². The highest BCUT2D eigenvalue weighted by atomic mass is 35.5. The molecule has 1 N–H and O–H groups in total. The molecule has 1 atom stereocenters. The summed E-state index contributed by atoms with van der Waals surface area (Å²) in [7, 11) is 3.09. The van der Waals surface area contributed by atoms with E-state index in [1.165, 1.54) is 7.11 Å². The van der Waals surface area contributed by atoms with Crippen LogP contribution in [0.2, 0.25) is 5.02 Å². The third-order valence-corrected chi connectivity index (χ3v) is 4.87. The van der Waals surface area contributed by atoms with Gasteiger partial charge in [-0.3, -0.25) is 9.59 Å². The Morgan fingerprint density at radius 2 is 1.89 bits per heavy atom. The number of carbonyl (C=O) groups is 2. The molecule has 142 valence electrons. The number of aryl methyl sites for hydroxylation is 1. The summed E-state index contributed by atoms with van der Waals surface area (Å²) < 4.78 is 10.5. The van der Waals surface area contributed by atoms with Crippen molar-refractivity contribution < 1.29 is 19.1 Å². The Morgan fingerprint density at radius 1 is 1.15 bits per heavy atom. The second-order valence-corrected chi connectivity index (χ2v) is 6.83. The SMILES string of the molecule is COc1ccc(N2CC(C(=O)Nc3cc(Cl)ccc3C)CC2=O)cc1OC. The summed E-state index contributed by atoms with van der Waals surface area (Å²) in [4.78, 5) is 26.7. The summed E-state index contributed by atoms with van der Waals surface area (Å²) in [6.07, 6.45) is 0.153.